The Morgan fingerprint density at radius 3 is 2.30 bits per heavy atom. The molecule has 0 amide bonds. The minimum Gasteiger partial charge on any atom is -0.331 e. The van der Waals surface area contributed by atoms with Crippen LogP contribution >= 0.6 is 0 Å². The third-order valence-electron chi connectivity index (χ3n) is 4.64. The summed E-state index contributed by atoms with van der Waals surface area (Å²) in [6.45, 7) is 17.1. The van der Waals surface area contributed by atoms with Crippen molar-refractivity contribution in [3.8, 4) is 0 Å². The van der Waals surface area contributed by atoms with E-state index < -0.39 is 0 Å². The van der Waals surface area contributed by atoms with Crippen LogP contribution in [0.2, 0.25) is 0 Å². The van der Waals surface area contributed by atoms with Crippen molar-refractivity contribution in [3.05, 3.63) is 17.2 Å². The van der Waals surface area contributed by atoms with Gasteiger partial charge in [0.15, 0.2) is 0 Å². The van der Waals surface area contributed by atoms with E-state index in [4.69, 9.17) is 4.98 Å². The monoisotopic (exact) mass is 277 g/mol. The zero-order valence-corrected chi connectivity index (χ0v) is 14.0. The first-order chi connectivity index (χ1) is 9.41. The lowest BCUT2D eigenvalue weighted by Gasteiger charge is -2.28. The van der Waals surface area contributed by atoms with E-state index in [2.05, 4.69) is 51.4 Å². The Hall–Kier alpha value is -0.830. The molecule has 114 valence electrons. The van der Waals surface area contributed by atoms with Crippen molar-refractivity contribution in [2.24, 2.45) is 17.8 Å². The molecule has 0 radical (unpaired) electrons. The van der Waals surface area contributed by atoms with Crippen LogP contribution in [0, 0.1) is 17.8 Å². The molecule has 0 bridgehead atoms. The van der Waals surface area contributed by atoms with Crippen molar-refractivity contribution in [1.29, 1.82) is 0 Å². The van der Waals surface area contributed by atoms with Crippen LogP contribution in [0.3, 0.4) is 0 Å². The quantitative estimate of drug-likeness (QED) is 0.891. The molecule has 2 heterocycles. The molecule has 1 aromatic heterocycles. The molecule has 1 N–H and O–H groups in total. The molecular weight excluding hydrogens is 246 g/mol. The first-order valence-electron chi connectivity index (χ1n) is 8.20. The molecular formula is C17H31N3. The van der Waals surface area contributed by atoms with Crippen LogP contribution in [0.1, 0.15) is 64.7 Å². The van der Waals surface area contributed by atoms with Gasteiger partial charge in [0.25, 0.3) is 0 Å². The molecule has 0 unspecified atom stereocenters. The van der Waals surface area contributed by atoms with E-state index in [0.29, 0.717) is 5.92 Å². The Morgan fingerprint density at radius 1 is 1.10 bits per heavy atom. The summed E-state index contributed by atoms with van der Waals surface area (Å²) in [4.78, 5) is 4.92. The van der Waals surface area contributed by atoms with Gasteiger partial charge in [-0.25, -0.2) is 4.98 Å². The molecule has 3 nitrogen and oxygen atoms in total. The number of nitrogens with one attached hydrogen (secondary N) is 1. The highest BCUT2D eigenvalue weighted by molar-refractivity contribution is 5.22. The summed E-state index contributed by atoms with van der Waals surface area (Å²) in [6, 6.07) is 0. The Balaban J connectivity index is 2.36. The number of fused-ring (bicyclic) bond motifs is 1. The van der Waals surface area contributed by atoms with E-state index in [1.165, 1.54) is 17.2 Å². The third-order valence-corrected chi connectivity index (χ3v) is 4.64. The fourth-order valence-electron chi connectivity index (χ4n) is 3.44. The lowest BCUT2D eigenvalue weighted by Crippen LogP contribution is -2.28. The predicted molar refractivity (Wildman–Crippen MR) is 84.9 cm³/mol. The molecule has 0 saturated carbocycles. The molecule has 0 spiro atoms. The molecule has 20 heavy (non-hydrogen) atoms. The highest BCUT2D eigenvalue weighted by Gasteiger charge is 2.25. The van der Waals surface area contributed by atoms with Gasteiger partial charge < -0.3 is 9.88 Å². The van der Waals surface area contributed by atoms with Gasteiger partial charge in [-0.2, -0.15) is 0 Å². The van der Waals surface area contributed by atoms with Gasteiger partial charge in [0, 0.05) is 37.7 Å². The number of hydrogen-bond acceptors (Lipinski definition) is 2. The average molecular weight is 277 g/mol. The van der Waals surface area contributed by atoms with Gasteiger partial charge in [0.05, 0.1) is 5.69 Å². The lowest BCUT2D eigenvalue weighted by atomic mass is 9.85. The van der Waals surface area contributed by atoms with Crippen molar-refractivity contribution >= 4 is 0 Å². The average Bonchev–Trinajstić information content (AvgIpc) is 2.74. The first-order valence-corrected chi connectivity index (χ1v) is 8.20. The molecule has 0 aliphatic carbocycles. The largest absolute Gasteiger partial charge is 0.331 e. The number of nitrogens with zero attached hydrogens (tertiary/aromatic N) is 2. The summed E-state index contributed by atoms with van der Waals surface area (Å²) in [6.07, 6.45) is 1.12. The number of aromatic nitrogens is 2. The Bertz CT molecular complexity index is 435. The molecule has 3 heteroatoms. The van der Waals surface area contributed by atoms with Crippen molar-refractivity contribution in [2.45, 2.75) is 67.0 Å². The maximum atomic E-state index is 4.92. The van der Waals surface area contributed by atoms with Crippen LogP contribution in [-0.4, -0.2) is 16.1 Å². The summed E-state index contributed by atoms with van der Waals surface area (Å²) < 4.78 is 2.55. The van der Waals surface area contributed by atoms with E-state index >= 15 is 0 Å². The number of rotatable bonds is 5. The minimum absolute atomic E-state index is 0.501. The van der Waals surface area contributed by atoms with E-state index in [0.717, 1.165) is 43.8 Å². The fourth-order valence-corrected chi connectivity index (χ4v) is 3.44. The summed E-state index contributed by atoms with van der Waals surface area (Å²) >= 11 is 0. The second kappa shape index (κ2) is 6.30. The van der Waals surface area contributed by atoms with Gasteiger partial charge in [-0.05, 0) is 17.8 Å². The Kier molecular flexibility index (Phi) is 4.90. The molecule has 1 aliphatic rings. The van der Waals surface area contributed by atoms with Gasteiger partial charge >= 0.3 is 0 Å². The molecule has 2 rings (SSSR count). The highest BCUT2D eigenvalue weighted by atomic mass is 15.1. The van der Waals surface area contributed by atoms with Gasteiger partial charge in [-0.1, -0.05) is 41.5 Å². The zero-order valence-electron chi connectivity index (χ0n) is 14.0. The summed E-state index contributed by atoms with van der Waals surface area (Å²) in [5, 5.41) is 3.44. The third kappa shape index (κ3) is 3.08. The van der Waals surface area contributed by atoms with Crippen LogP contribution in [0.4, 0.5) is 0 Å². The molecule has 0 fully saturated rings. The van der Waals surface area contributed by atoms with Crippen molar-refractivity contribution in [2.75, 3.05) is 6.54 Å². The van der Waals surface area contributed by atoms with Crippen LogP contribution < -0.4 is 5.32 Å². The Labute approximate surface area is 124 Å². The van der Waals surface area contributed by atoms with Crippen molar-refractivity contribution in [1.82, 2.24) is 14.9 Å². The van der Waals surface area contributed by atoms with E-state index in [1.807, 2.05) is 0 Å². The molecule has 0 atom stereocenters. The standard InChI is InChI=1S/C17H31N3/c1-11(2)14(12(3)4)10-20-16-7-8-18-9-15(16)19-17(20)13(5)6/h11-14,18H,7-10H2,1-6H3. The summed E-state index contributed by atoms with van der Waals surface area (Å²) in [7, 11) is 0. The van der Waals surface area contributed by atoms with Gasteiger partial charge in [-0.3, -0.25) is 0 Å². The normalized spacial score (nSPS) is 15.7. The van der Waals surface area contributed by atoms with E-state index in [9.17, 15) is 0 Å². The van der Waals surface area contributed by atoms with Gasteiger partial charge in [0.1, 0.15) is 5.82 Å². The zero-order chi connectivity index (χ0) is 14.9. The topological polar surface area (TPSA) is 29.9 Å². The molecule has 1 aromatic rings. The summed E-state index contributed by atoms with van der Waals surface area (Å²) in [5.74, 6) is 3.94. The van der Waals surface area contributed by atoms with Crippen LogP contribution in [0.5, 0.6) is 0 Å². The van der Waals surface area contributed by atoms with E-state index in [-0.39, 0.29) is 0 Å². The maximum absolute atomic E-state index is 4.92. The van der Waals surface area contributed by atoms with Crippen molar-refractivity contribution < 1.29 is 0 Å². The second-order valence-corrected chi connectivity index (χ2v) is 7.21. The van der Waals surface area contributed by atoms with Gasteiger partial charge in [0.2, 0.25) is 0 Å². The number of imidazole rings is 1. The van der Waals surface area contributed by atoms with Crippen LogP contribution in [0.25, 0.3) is 0 Å². The van der Waals surface area contributed by atoms with Crippen LogP contribution in [-0.2, 0) is 19.5 Å². The smallest absolute Gasteiger partial charge is 0.111 e. The first kappa shape index (κ1) is 15.6. The van der Waals surface area contributed by atoms with E-state index in [1.54, 1.807) is 0 Å². The SMILES string of the molecule is CC(C)c1nc2c(n1CC(C(C)C)C(C)C)CCNC2. The maximum Gasteiger partial charge on any atom is 0.111 e. The van der Waals surface area contributed by atoms with Crippen molar-refractivity contribution in [3.63, 3.8) is 0 Å². The lowest BCUT2D eigenvalue weighted by molar-refractivity contribution is 0.246. The van der Waals surface area contributed by atoms with Crippen LogP contribution in [0.15, 0.2) is 0 Å². The predicted octanol–water partition coefficient (Wildman–Crippen LogP) is 3.58. The Morgan fingerprint density at radius 2 is 1.75 bits per heavy atom. The summed E-state index contributed by atoms with van der Waals surface area (Å²) in [5.41, 5.74) is 2.77. The molecule has 1 aliphatic heterocycles. The number of hydrogen-bond donors (Lipinski definition) is 1. The van der Waals surface area contributed by atoms with Gasteiger partial charge in [-0.15, -0.1) is 0 Å². The molecule has 0 aromatic carbocycles. The fraction of sp³-hybridized carbons (Fsp3) is 0.824. The second-order valence-electron chi connectivity index (χ2n) is 7.21. The highest BCUT2D eigenvalue weighted by Crippen LogP contribution is 2.28. The molecule has 0 saturated heterocycles. The minimum atomic E-state index is 0.501.